The van der Waals surface area contributed by atoms with Gasteiger partial charge in [-0.1, -0.05) is 55.7 Å². The number of carbonyl (C=O) groups excluding carboxylic acids is 1. The first-order valence-electron chi connectivity index (χ1n) is 9.05. The number of halogens is 1. The van der Waals surface area contributed by atoms with E-state index in [9.17, 15) is 17.6 Å². The third-order valence-corrected chi connectivity index (χ3v) is 6.76. The van der Waals surface area contributed by atoms with Crippen LogP contribution in [0, 0.1) is 12.7 Å². The van der Waals surface area contributed by atoms with Crippen LogP contribution in [0.3, 0.4) is 0 Å². The number of benzene rings is 2. The lowest BCUT2D eigenvalue weighted by atomic mass is 9.96. The Morgan fingerprint density at radius 2 is 1.70 bits per heavy atom. The molecule has 0 bridgehead atoms. The van der Waals surface area contributed by atoms with Gasteiger partial charge in [0.05, 0.1) is 10.8 Å². The fourth-order valence-electron chi connectivity index (χ4n) is 3.53. The van der Waals surface area contributed by atoms with Crippen molar-refractivity contribution in [3.8, 4) is 11.1 Å². The Labute approximate surface area is 159 Å². The van der Waals surface area contributed by atoms with Crippen molar-refractivity contribution in [3.05, 3.63) is 59.4 Å². The van der Waals surface area contributed by atoms with Gasteiger partial charge in [0.25, 0.3) is 5.91 Å². The maximum absolute atomic E-state index is 14.3. The Morgan fingerprint density at radius 1 is 1.04 bits per heavy atom. The second-order valence-electron chi connectivity index (χ2n) is 6.82. The van der Waals surface area contributed by atoms with E-state index in [0.717, 1.165) is 30.4 Å². The fourth-order valence-corrected chi connectivity index (χ4v) is 4.88. The monoisotopic (exact) mass is 390 g/mol. The van der Waals surface area contributed by atoms with Crippen molar-refractivity contribution in [2.45, 2.75) is 44.3 Å². The third-order valence-electron chi connectivity index (χ3n) is 5.02. The Morgan fingerprint density at radius 3 is 2.37 bits per heavy atom. The van der Waals surface area contributed by atoms with Crippen LogP contribution in [0.15, 0.2) is 42.5 Å². The predicted molar refractivity (Wildman–Crippen MR) is 103 cm³/mol. The van der Waals surface area contributed by atoms with Crippen molar-refractivity contribution in [1.82, 2.24) is 10.3 Å². The van der Waals surface area contributed by atoms with Crippen LogP contribution >= 0.6 is 0 Å². The minimum atomic E-state index is -3.68. The molecule has 0 spiro atoms. The van der Waals surface area contributed by atoms with E-state index in [1.807, 2.05) is 30.3 Å². The van der Waals surface area contributed by atoms with E-state index >= 15 is 0 Å². The molecule has 1 aliphatic rings. The topological polar surface area (TPSA) is 75.3 Å². The third kappa shape index (κ3) is 4.36. The van der Waals surface area contributed by atoms with E-state index in [1.165, 1.54) is 6.07 Å². The van der Waals surface area contributed by atoms with Crippen molar-refractivity contribution in [1.29, 1.82) is 0 Å². The molecule has 7 heteroatoms. The lowest BCUT2D eigenvalue weighted by Crippen LogP contribution is -2.46. The SMILES string of the molecule is Cc1c(-c2ccccc2)ccc(F)c1C(=O)NNS(=O)(=O)C1CCCCC1. The van der Waals surface area contributed by atoms with E-state index in [1.54, 1.807) is 13.0 Å². The molecule has 0 saturated heterocycles. The first-order valence-corrected chi connectivity index (χ1v) is 10.6. The molecule has 0 unspecified atom stereocenters. The Balaban J connectivity index is 1.80. The summed E-state index contributed by atoms with van der Waals surface area (Å²) in [7, 11) is -3.68. The van der Waals surface area contributed by atoms with Crippen LogP contribution in [0.2, 0.25) is 0 Å². The molecule has 2 aromatic carbocycles. The Hall–Kier alpha value is -2.25. The molecule has 0 heterocycles. The smallest absolute Gasteiger partial charge is 0.269 e. The van der Waals surface area contributed by atoms with Gasteiger partial charge in [-0.2, -0.15) is 0 Å². The summed E-state index contributed by atoms with van der Waals surface area (Å²) >= 11 is 0. The summed E-state index contributed by atoms with van der Waals surface area (Å²) in [6.45, 7) is 1.65. The maximum atomic E-state index is 14.3. The fraction of sp³-hybridized carbons (Fsp3) is 0.350. The standard InChI is InChI=1S/C20H23FN2O3S/c1-14-17(15-8-4-2-5-9-15)12-13-18(21)19(14)20(24)22-23-27(25,26)16-10-6-3-7-11-16/h2,4-5,8-9,12-13,16,23H,3,6-7,10-11H2,1H3,(H,22,24). The van der Waals surface area contributed by atoms with Crippen LogP contribution in [0.4, 0.5) is 4.39 Å². The van der Waals surface area contributed by atoms with Crippen molar-refractivity contribution < 1.29 is 17.6 Å². The molecule has 2 N–H and O–H groups in total. The highest BCUT2D eigenvalue weighted by Crippen LogP contribution is 2.27. The predicted octanol–water partition coefficient (Wildman–Crippen LogP) is 3.70. The van der Waals surface area contributed by atoms with Crippen molar-refractivity contribution >= 4 is 15.9 Å². The number of hydrazine groups is 1. The first kappa shape index (κ1) is 19.5. The van der Waals surface area contributed by atoms with Crippen molar-refractivity contribution in [2.24, 2.45) is 0 Å². The summed E-state index contributed by atoms with van der Waals surface area (Å²) in [4.78, 5) is 14.7. The molecule has 1 saturated carbocycles. The number of hydrogen-bond acceptors (Lipinski definition) is 3. The largest absolute Gasteiger partial charge is 0.274 e. The molecule has 0 aliphatic heterocycles. The van der Waals surface area contributed by atoms with Gasteiger partial charge in [-0.05, 0) is 42.5 Å². The molecule has 0 aromatic heterocycles. The highest BCUT2D eigenvalue weighted by Gasteiger charge is 2.28. The maximum Gasteiger partial charge on any atom is 0.269 e. The molecule has 0 radical (unpaired) electrons. The number of sulfonamides is 1. The molecular formula is C20H23FN2O3S. The summed E-state index contributed by atoms with van der Waals surface area (Å²) in [6.07, 6.45) is 3.87. The lowest BCUT2D eigenvalue weighted by Gasteiger charge is -2.22. The average Bonchev–Trinajstić information content (AvgIpc) is 2.68. The molecule has 144 valence electrons. The minimum Gasteiger partial charge on any atom is -0.274 e. The van der Waals surface area contributed by atoms with Gasteiger partial charge >= 0.3 is 0 Å². The number of amides is 1. The second kappa shape index (κ2) is 8.19. The second-order valence-corrected chi connectivity index (χ2v) is 8.78. The van der Waals surface area contributed by atoms with E-state index in [0.29, 0.717) is 18.4 Å². The van der Waals surface area contributed by atoms with Crippen LogP contribution in [-0.4, -0.2) is 19.6 Å². The van der Waals surface area contributed by atoms with Gasteiger partial charge in [-0.3, -0.25) is 10.2 Å². The van der Waals surface area contributed by atoms with E-state index in [4.69, 9.17) is 0 Å². The summed E-state index contributed by atoms with van der Waals surface area (Å²) in [5.41, 5.74) is 4.04. The number of rotatable bonds is 5. The molecule has 27 heavy (non-hydrogen) atoms. The summed E-state index contributed by atoms with van der Waals surface area (Å²) in [5, 5.41) is -0.520. The Kier molecular flexibility index (Phi) is 5.92. The van der Waals surface area contributed by atoms with E-state index in [2.05, 4.69) is 10.3 Å². The molecule has 1 amide bonds. The van der Waals surface area contributed by atoms with Gasteiger partial charge in [-0.15, -0.1) is 4.83 Å². The van der Waals surface area contributed by atoms with Gasteiger partial charge in [0.2, 0.25) is 10.0 Å². The first-order chi connectivity index (χ1) is 12.9. The molecule has 1 fully saturated rings. The summed E-state index contributed by atoms with van der Waals surface area (Å²) in [5.74, 6) is -1.50. The quantitative estimate of drug-likeness (QED) is 0.765. The van der Waals surface area contributed by atoms with Gasteiger partial charge in [0.15, 0.2) is 0 Å². The molecular weight excluding hydrogens is 367 g/mol. The highest BCUT2D eigenvalue weighted by atomic mass is 32.2. The van der Waals surface area contributed by atoms with Crippen LogP contribution in [0.5, 0.6) is 0 Å². The normalized spacial score (nSPS) is 15.5. The number of hydrogen-bond donors (Lipinski definition) is 2. The Bertz CT molecular complexity index is 924. The van der Waals surface area contributed by atoms with Crippen LogP contribution < -0.4 is 10.3 Å². The molecule has 5 nitrogen and oxygen atoms in total. The molecule has 1 aliphatic carbocycles. The molecule has 0 atom stereocenters. The van der Waals surface area contributed by atoms with Gasteiger partial charge < -0.3 is 0 Å². The van der Waals surface area contributed by atoms with Gasteiger partial charge in [0.1, 0.15) is 5.82 Å². The van der Waals surface area contributed by atoms with Crippen LogP contribution in [0.25, 0.3) is 11.1 Å². The van der Waals surface area contributed by atoms with Crippen LogP contribution in [0.1, 0.15) is 48.0 Å². The zero-order valence-electron chi connectivity index (χ0n) is 15.2. The van der Waals surface area contributed by atoms with E-state index in [-0.39, 0.29) is 5.56 Å². The summed E-state index contributed by atoms with van der Waals surface area (Å²) in [6, 6.07) is 12.2. The van der Waals surface area contributed by atoms with Crippen molar-refractivity contribution in [2.75, 3.05) is 0 Å². The average molecular weight is 390 g/mol. The number of carbonyl (C=O) groups is 1. The molecule has 3 rings (SSSR count). The van der Waals surface area contributed by atoms with Crippen molar-refractivity contribution in [3.63, 3.8) is 0 Å². The number of nitrogens with one attached hydrogen (secondary N) is 2. The zero-order valence-corrected chi connectivity index (χ0v) is 16.0. The summed E-state index contributed by atoms with van der Waals surface area (Å²) < 4.78 is 39.1. The van der Waals surface area contributed by atoms with Gasteiger partial charge in [0, 0.05) is 0 Å². The lowest BCUT2D eigenvalue weighted by molar-refractivity contribution is 0.0940. The highest BCUT2D eigenvalue weighted by molar-refractivity contribution is 7.90. The molecule has 2 aromatic rings. The van der Waals surface area contributed by atoms with Gasteiger partial charge in [-0.25, -0.2) is 12.8 Å². The zero-order chi connectivity index (χ0) is 19.4. The van der Waals surface area contributed by atoms with Crippen LogP contribution in [-0.2, 0) is 10.0 Å². The van der Waals surface area contributed by atoms with E-state index < -0.39 is 27.0 Å². The minimum absolute atomic E-state index is 0.164.